The van der Waals surface area contributed by atoms with Gasteiger partial charge in [0, 0.05) is 0 Å². The summed E-state index contributed by atoms with van der Waals surface area (Å²) in [6, 6.07) is 0. The molecule has 0 saturated heterocycles. The molecule has 0 nitrogen and oxygen atoms in total. The predicted molar refractivity (Wildman–Crippen MR) is 54.4 cm³/mol. The summed E-state index contributed by atoms with van der Waals surface area (Å²) in [4.78, 5) is 0. The Kier molecular flexibility index (Phi) is 17.3. The van der Waals surface area contributed by atoms with Crippen molar-refractivity contribution < 1.29 is 17.1 Å². The molecule has 2 rings (SSSR count). The molecule has 0 aromatic rings. The molecule has 13 heavy (non-hydrogen) atoms. The van der Waals surface area contributed by atoms with Crippen molar-refractivity contribution in [1.82, 2.24) is 0 Å². The summed E-state index contributed by atoms with van der Waals surface area (Å²) >= 11 is 0. The second-order valence-corrected chi connectivity index (χ2v) is 2.60. The van der Waals surface area contributed by atoms with Crippen LogP contribution in [0.4, 0.5) is 0 Å². The topological polar surface area (TPSA) is 0 Å². The van der Waals surface area contributed by atoms with Crippen molar-refractivity contribution in [3.63, 3.8) is 0 Å². The maximum atomic E-state index is 3.25. The predicted octanol–water partition coefficient (Wildman–Crippen LogP) is 3.90. The van der Waals surface area contributed by atoms with Crippen LogP contribution in [0.2, 0.25) is 0 Å². The zero-order chi connectivity index (χ0) is 9.07. The minimum atomic E-state index is 0. The fraction of sp³-hybridized carbons (Fsp3) is 0.583. The molecule has 1 radical (unpaired) electrons. The van der Waals surface area contributed by atoms with Gasteiger partial charge in [-0.15, -0.1) is 0 Å². The van der Waals surface area contributed by atoms with Gasteiger partial charge < -0.3 is 19.1 Å². The molecular formula is C12H19Fe. The normalized spacial score (nSPS) is 16.5. The largest absolute Gasteiger partial charge is 3.00 e. The molecule has 0 heterocycles. The molecule has 0 fully saturated rings. The van der Waals surface area contributed by atoms with Crippen LogP contribution in [0, 0.1) is 19.1 Å². The molecule has 2 aliphatic carbocycles. The standard InChI is InChI=1S/2C5H7.C2H5.Fe/c2*1-2-4-5-3-1;1-2;/h2*1H,2,4-5H2;1H2,2H3;/q3*-1;+3. The van der Waals surface area contributed by atoms with Gasteiger partial charge in [-0.1, -0.05) is 25.7 Å². The summed E-state index contributed by atoms with van der Waals surface area (Å²) in [5.74, 6) is 0. The van der Waals surface area contributed by atoms with Gasteiger partial charge in [-0.25, -0.2) is 0 Å². The van der Waals surface area contributed by atoms with E-state index in [1.54, 1.807) is 6.92 Å². The summed E-state index contributed by atoms with van der Waals surface area (Å²) in [5.41, 5.74) is 0. The number of hydrogen-bond donors (Lipinski definition) is 0. The molecule has 0 bridgehead atoms. The van der Waals surface area contributed by atoms with Crippen molar-refractivity contribution in [3.05, 3.63) is 31.2 Å². The second kappa shape index (κ2) is 14.5. The van der Waals surface area contributed by atoms with Crippen LogP contribution in [-0.4, -0.2) is 0 Å². The number of hydrogen-bond acceptors (Lipinski definition) is 0. The Morgan fingerprint density at radius 2 is 1.31 bits per heavy atom. The Morgan fingerprint density at radius 3 is 1.38 bits per heavy atom. The quantitative estimate of drug-likeness (QED) is 0.428. The van der Waals surface area contributed by atoms with E-state index in [1.165, 1.54) is 38.5 Å². The first kappa shape index (κ1) is 15.5. The third kappa shape index (κ3) is 12.0. The van der Waals surface area contributed by atoms with Crippen LogP contribution < -0.4 is 0 Å². The van der Waals surface area contributed by atoms with Crippen molar-refractivity contribution in [2.24, 2.45) is 0 Å². The first-order chi connectivity index (χ1) is 6.00. The Labute approximate surface area is 94.0 Å². The first-order valence-corrected chi connectivity index (χ1v) is 4.81. The van der Waals surface area contributed by atoms with Gasteiger partial charge in [-0.3, -0.25) is 12.2 Å². The van der Waals surface area contributed by atoms with Crippen molar-refractivity contribution in [2.75, 3.05) is 0 Å². The molecule has 0 saturated carbocycles. The van der Waals surface area contributed by atoms with E-state index in [1.807, 2.05) is 0 Å². The first-order valence-electron chi connectivity index (χ1n) is 4.81. The van der Waals surface area contributed by atoms with Crippen LogP contribution in [0.3, 0.4) is 0 Å². The van der Waals surface area contributed by atoms with Crippen molar-refractivity contribution in [1.29, 1.82) is 0 Å². The number of rotatable bonds is 0. The van der Waals surface area contributed by atoms with E-state index in [-0.39, 0.29) is 17.1 Å². The summed E-state index contributed by atoms with van der Waals surface area (Å²) in [7, 11) is 0. The summed E-state index contributed by atoms with van der Waals surface area (Å²) in [6.45, 7) is 5.00. The van der Waals surface area contributed by atoms with Gasteiger partial charge in [0.2, 0.25) is 0 Å². The van der Waals surface area contributed by atoms with Crippen LogP contribution in [0.5, 0.6) is 0 Å². The van der Waals surface area contributed by atoms with Crippen molar-refractivity contribution in [2.45, 2.75) is 45.4 Å². The maximum absolute atomic E-state index is 3.25. The van der Waals surface area contributed by atoms with Gasteiger partial charge in [0.05, 0.1) is 0 Å². The molecule has 0 unspecified atom stereocenters. The zero-order valence-electron chi connectivity index (χ0n) is 8.46. The maximum Gasteiger partial charge on any atom is 3.00 e. The van der Waals surface area contributed by atoms with Gasteiger partial charge in [0.1, 0.15) is 0 Å². The summed E-state index contributed by atoms with van der Waals surface area (Å²) in [6.07, 6.45) is 18.0. The van der Waals surface area contributed by atoms with Crippen LogP contribution in [0.15, 0.2) is 12.2 Å². The van der Waals surface area contributed by atoms with Crippen LogP contribution in [0.25, 0.3) is 0 Å². The van der Waals surface area contributed by atoms with Crippen molar-refractivity contribution >= 4 is 0 Å². The van der Waals surface area contributed by atoms with E-state index >= 15 is 0 Å². The van der Waals surface area contributed by atoms with E-state index in [9.17, 15) is 0 Å². The van der Waals surface area contributed by atoms with Gasteiger partial charge in [-0.05, 0) is 0 Å². The Balaban J connectivity index is 0. The van der Waals surface area contributed by atoms with E-state index in [0.717, 1.165) is 0 Å². The van der Waals surface area contributed by atoms with Crippen molar-refractivity contribution in [3.8, 4) is 0 Å². The average molecular weight is 219 g/mol. The van der Waals surface area contributed by atoms with Crippen LogP contribution >= 0.6 is 0 Å². The minimum Gasteiger partial charge on any atom is -0.501 e. The average Bonchev–Trinajstić information content (AvgIpc) is 2.87. The third-order valence-electron chi connectivity index (χ3n) is 1.63. The van der Waals surface area contributed by atoms with Crippen LogP contribution in [0.1, 0.15) is 45.4 Å². The molecule has 0 aromatic carbocycles. The Morgan fingerprint density at radius 1 is 0.923 bits per heavy atom. The Hall–Kier alpha value is -0.000519. The second-order valence-electron chi connectivity index (χ2n) is 2.60. The molecule has 0 atom stereocenters. The van der Waals surface area contributed by atoms with Gasteiger partial charge in [0.15, 0.2) is 0 Å². The third-order valence-corrected chi connectivity index (χ3v) is 1.63. The Bertz CT molecular complexity index is 97.1. The molecule has 0 aliphatic heterocycles. The number of allylic oxidation sites excluding steroid dienone is 4. The summed E-state index contributed by atoms with van der Waals surface area (Å²) in [5, 5.41) is 0. The molecule has 1 heteroatoms. The molecule has 75 valence electrons. The minimum absolute atomic E-state index is 0. The van der Waals surface area contributed by atoms with Gasteiger partial charge in [0.25, 0.3) is 0 Å². The van der Waals surface area contributed by atoms with Crippen LogP contribution in [-0.2, 0) is 17.1 Å². The molecule has 0 N–H and O–H groups in total. The SMILES string of the molecule is [C-]1=CCCC1.[C-]1=CCCC1.[CH2-]C.[Fe+3]. The molecule has 0 amide bonds. The van der Waals surface area contributed by atoms with E-state index in [2.05, 4.69) is 31.2 Å². The zero-order valence-corrected chi connectivity index (χ0v) is 9.56. The van der Waals surface area contributed by atoms with E-state index in [4.69, 9.17) is 0 Å². The van der Waals surface area contributed by atoms with Gasteiger partial charge >= 0.3 is 17.1 Å². The monoisotopic (exact) mass is 219 g/mol. The van der Waals surface area contributed by atoms with E-state index in [0.29, 0.717) is 0 Å². The molecule has 0 aromatic heterocycles. The fourth-order valence-electron chi connectivity index (χ4n) is 1.02. The fourth-order valence-corrected chi connectivity index (χ4v) is 1.02. The molecule has 2 aliphatic rings. The molecular weight excluding hydrogens is 200 g/mol. The summed E-state index contributed by atoms with van der Waals surface area (Å²) < 4.78 is 0. The smallest absolute Gasteiger partial charge is 0.501 e. The van der Waals surface area contributed by atoms with Gasteiger partial charge in [-0.2, -0.15) is 19.8 Å². The molecule has 0 spiro atoms. The van der Waals surface area contributed by atoms with E-state index < -0.39 is 0 Å².